The summed E-state index contributed by atoms with van der Waals surface area (Å²) in [5.41, 5.74) is 3.38. The summed E-state index contributed by atoms with van der Waals surface area (Å²) in [5, 5.41) is 7.98. The number of hydrogen-bond donors (Lipinski definition) is 1. The predicted molar refractivity (Wildman–Crippen MR) is 110 cm³/mol. The summed E-state index contributed by atoms with van der Waals surface area (Å²) in [7, 11) is 0. The van der Waals surface area contributed by atoms with E-state index in [-0.39, 0.29) is 5.56 Å². The van der Waals surface area contributed by atoms with E-state index in [0.29, 0.717) is 12.6 Å². The van der Waals surface area contributed by atoms with Gasteiger partial charge in [0, 0.05) is 36.5 Å². The summed E-state index contributed by atoms with van der Waals surface area (Å²) in [6.07, 6.45) is 9.95. The Labute approximate surface area is 166 Å². The maximum absolute atomic E-state index is 12.0. The zero-order valence-corrected chi connectivity index (χ0v) is 16.7. The van der Waals surface area contributed by atoms with Gasteiger partial charge in [-0.25, -0.2) is 14.6 Å². The lowest BCUT2D eigenvalue weighted by Crippen LogP contribution is -2.45. The van der Waals surface area contributed by atoms with E-state index in [1.165, 1.54) is 43.4 Å². The van der Waals surface area contributed by atoms with E-state index in [1.54, 1.807) is 23.1 Å². The molecule has 150 valence electrons. The van der Waals surface area contributed by atoms with Gasteiger partial charge in [0.2, 0.25) is 0 Å². The molecular weight excluding hydrogens is 352 g/mol. The molecule has 1 atom stereocenters. The minimum Gasteiger partial charge on any atom is -0.368 e. The molecule has 0 radical (unpaired) electrons. The first-order valence-corrected chi connectivity index (χ1v) is 10.6. The average molecular weight is 383 g/mol. The molecule has 2 aliphatic rings. The molecule has 7 heteroatoms. The maximum atomic E-state index is 12.0. The number of nitrogens with zero attached hydrogens (tertiary/aromatic N) is 5. The van der Waals surface area contributed by atoms with Crippen molar-refractivity contribution in [3.63, 3.8) is 0 Å². The quantitative estimate of drug-likeness (QED) is 0.825. The first-order valence-electron chi connectivity index (χ1n) is 10.6. The van der Waals surface area contributed by atoms with Gasteiger partial charge in [-0.05, 0) is 58.1 Å². The molecule has 4 rings (SSSR count). The molecule has 7 nitrogen and oxygen atoms in total. The first-order chi connectivity index (χ1) is 13.7. The summed E-state index contributed by atoms with van der Waals surface area (Å²) in [6, 6.07) is 3.84. The van der Waals surface area contributed by atoms with Crippen LogP contribution in [-0.4, -0.2) is 50.3 Å². The summed E-state index contributed by atoms with van der Waals surface area (Å²) in [4.78, 5) is 23.5. The number of aromatic nitrogens is 4. The topological polar surface area (TPSA) is 75.9 Å². The van der Waals surface area contributed by atoms with E-state index in [9.17, 15) is 4.79 Å². The highest BCUT2D eigenvalue weighted by Gasteiger charge is 2.23. The molecule has 1 aliphatic carbocycles. The lowest BCUT2D eigenvalue weighted by molar-refractivity contribution is 0.148. The monoisotopic (exact) mass is 382 g/mol. The van der Waals surface area contributed by atoms with Crippen LogP contribution in [0.15, 0.2) is 23.3 Å². The largest absolute Gasteiger partial charge is 0.368 e. The molecule has 1 unspecified atom stereocenters. The SMILES string of the molecule is Cc1ccc(=O)n(CCN2CCCCC2CNc2ncnc3c2CCCC3)n1. The van der Waals surface area contributed by atoms with Crippen LogP contribution in [0.4, 0.5) is 5.82 Å². The second-order valence-corrected chi connectivity index (χ2v) is 7.96. The Morgan fingerprint density at radius 1 is 1.11 bits per heavy atom. The molecule has 2 aromatic heterocycles. The second-order valence-electron chi connectivity index (χ2n) is 7.96. The molecule has 1 aliphatic heterocycles. The number of likely N-dealkylation sites (tertiary alicyclic amines) is 1. The highest BCUT2D eigenvalue weighted by Crippen LogP contribution is 2.25. The van der Waals surface area contributed by atoms with Crippen LogP contribution in [0.25, 0.3) is 0 Å². The standard InChI is InChI=1S/C21H30N6O/c1-16-9-10-20(28)27(25-16)13-12-26-11-5-4-6-17(26)14-22-21-18-7-2-3-8-19(18)23-15-24-21/h9-10,15,17H,2-8,11-14H2,1H3,(H,22,23,24). The third kappa shape index (κ3) is 4.41. The number of aryl methyl sites for hydroxylation is 2. The van der Waals surface area contributed by atoms with Gasteiger partial charge < -0.3 is 5.32 Å². The van der Waals surface area contributed by atoms with Gasteiger partial charge in [0.25, 0.3) is 5.56 Å². The van der Waals surface area contributed by atoms with Crippen LogP contribution < -0.4 is 10.9 Å². The van der Waals surface area contributed by atoms with Crippen molar-refractivity contribution < 1.29 is 0 Å². The second kappa shape index (κ2) is 8.82. The highest BCUT2D eigenvalue weighted by atomic mass is 16.1. The average Bonchev–Trinajstić information content (AvgIpc) is 2.73. The van der Waals surface area contributed by atoms with Crippen LogP contribution in [0, 0.1) is 6.92 Å². The number of rotatable bonds is 6. The normalized spacial score (nSPS) is 20.0. The Morgan fingerprint density at radius 2 is 2.00 bits per heavy atom. The Bertz CT molecular complexity index is 864. The van der Waals surface area contributed by atoms with Crippen molar-refractivity contribution in [3.05, 3.63) is 45.8 Å². The Hall–Kier alpha value is -2.28. The summed E-state index contributed by atoms with van der Waals surface area (Å²) in [6.45, 7) is 5.38. The Kier molecular flexibility index (Phi) is 6.00. The molecule has 1 saturated heterocycles. The fourth-order valence-corrected chi connectivity index (χ4v) is 4.41. The van der Waals surface area contributed by atoms with E-state index < -0.39 is 0 Å². The van der Waals surface area contributed by atoms with E-state index >= 15 is 0 Å². The zero-order valence-electron chi connectivity index (χ0n) is 16.7. The molecule has 1 fully saturated rings. The van der Waals surface area contributed by atoms with E-state index in [4.69, 9.17) is 0 Å². The third-order valence-corrected chi connectivity index (χ3v) is 5.98. The van der Waals surface area contributed by atoms with Crippen molar-refractivity contribution in [3.8, 4) is 0 Å². The van der Waals surface area contributed by atoms with E-state index in [1.807, 2.05) is 6.92 Å². The van der Waals surface area contributed by atoms with E-state index in [0.717, 1.165) is 44.0 Å². The van der Waals surface area contributed by atoms with Crippen molar-refractivity contribution in [1.82, 2.24) is 24.6 Å². The lowest BCUT2D eigenvalue weighted by Gasteiger charge is -2.36. The molecule has 28 heavy (non-hydrogen) atoms. The van der Waals surface area contributed by atoms with Gasteiger partial charge in [0.05, 0.1) is 12.2 Å². The van der Waals surface area contributed by atoms with Crippen LogP contribution in [0.1, 0.15) is 49.1 Å². The van der Waals surface area contributed by atoms with Gasteiger partial charge >= 0.3 is 0 Å². The van der Waals surface area contributed by atoms with Gasteiger partial charge in [-0.15, -0.1) is 0 Å². The molecule has 0 bridgehead atoms. The van der Waals surface area contributed by atoms with Crippen LogP contribution >= 0.6 is 0 Å². The van der Waals surface area contributed by atoms with Gasteiger partial charge in [0.1, 0.15) is 12.1 Å². The van der Waals surface area contributed by atoms with Crippen LogP contribution in [0.3, 0.4) is 0 Å². The van der Waals surface area contributed by atoms with Crippen molar-refractivity contribution in [1.29, 1.82) is 0 Å². The fourth-order valence-electron chi connectivity index (χ4n) is 4.41. The molecule has 0 saturated carbocycles. The van der Waals surface area contributed by atoms with Crippen molar-refractivity contribution in [2.24, 2.45) is 0 Å². The molecule has 0 spiro atoms. The van der Waals surface area contributed by atoms with Crippen molar-refractivity contribution >= 4 is 5.82 Å². The lowest BCUT2D eigenvalue weighted by atomic mass is 9.96. The van der Waals surface area contributed by atoms with Gasteiger partial charge in [-0.1, -0.05) is 6.42 Å². The zero-order chi connectivity index (χ0) is 19.3. The minimum absolute atomic E-state index is 0.0232. The molecular formula is C21H30N6O. The third-order valence-electron chi connectivity index (χ3n) is 5.98. The molecule has 0 aromatic carbocycles. The number of nitrogens with one attached hydrogen (secondary N) is 1. The van der Waals surface area contributed by atoms with Gasteiger partial charge in [-0.2, -0.15) is 5.10 Å². The first kappa shape index (κ1) is 19.1. The molecule has 0 amide bonds. The van der Waals surface area contributed by atoms with Gasteiger partial charge in [0.15, 0.2) is 0 Å². The number of piperidine rings is 1. The number of hydrogen-bond acceptors (Lipinski definition) is 6. The minimum atomic E-state index is -0.0232. The number of anilines is 1. The summed E-state index contributed by atoms with van der Waals surface area (Å²) >= 11 is 0. The molecule has 3 heterocycles. The fraction of sp³-hybridized carbons (Fsp3) is 0.619. The van der Waals surface area contributed by atoms with Crippen LogP contribution in [-0.2, 0) is 19.4 Å². The van der Waals surface area contributed by atoms with Crippen LogP contribution in [0.2, 0.25) is 0 Å². The Morgan fingerprint density at radius 3 is 2.93 bits per heavy atom. The molecule has 1 N–H and O–H groups in total. The van der Waals surface area contributed by atoms with E-state index in [2.05, 4.69) is 25.3 Å². The predicted octanol–water partition coefficient (Wildman–Crippen LogP) is 2.19. The molecule has 2 aromatic rings. The summed E-state index contributed by atoms with van der Waals surface area (Å²) < 4.78 is 1.59. The Balaban J connectivity index is 1.39. The number of fused-ring (bicyclic) bond motifs is 1. The smallest absolute Gasteiger partial charge is 0.266 e. The van der Waals surface area contributed by atoms with Crippen molar-refractivity contribution in [2.45, 2.75) is 64.5 Å². The summed E-state index contributed by atoms with van der Waals surface area (Å²) in [5.74, 6) is 1.02. The van der Waals surface area contributed by atoms with Gasteiger partial charge in [-0.3, -0.25) is 9.69 Å². The maximum Gasteiger partial charge on any atom is 0.266 e. The highest BCUT2D eigenvalue weighted by molar-refractivity contribution is 5.47. The van der Waals surface area contributed by atoms with Crippen LogP contribution in [0.5, 0.6) is 0 Å². The van der Waals surface area contributed by atoms with Crippen molar-refractivity contribution in [2.75, 3.05) is 25.0 Å².